The summed E-state index contributed by atoms with van der Waals surface area (Å²) in [5, 5.41) is 0. The maximum Gasteiger partial charge on any atom is 0.230 e. The number of nitrogens with zero attached hydrogens (tertiary/aromatic N) is 2. The van der Waals surface area contributed by atoms with E-state index in [9.17, 15) is 9.59 Å². The molecule has 0 aromatic heterocycles. The van der Waals surface area contributed by atoms with Crippen molar-refractivity contribution in [3.05, 3.63) is 24.3 Å². The predicted octanol–water partition coefficient (Wildman–Crippen LogP) is 3.21. The molecule has 1 aliphatic carbocycles. The third kappa shape index (κ3) is 3.01. The van der Waals surface area contributed by atoms with Crippen molar-refractivity contribution in [1.29, 1.82) is 0 Å². The molecule has 1 fully saturated rings. The molecule has 118 valence electrons. The van der Waals surface area contributed by atoms with Gasteiger partial charge >= 0.3 is 0 Å². The summed E-state index contributed by atoms with van der Waals surface area (Å²) in [5.41, 5.74) is 1.79. The van der Waals surface area contributed by atoms with Crippen LogP contribution in [-0.2, 0) is 9.59 Å². The fraction of sp³-hybridized carbons (Fsp3) is 0.556. The first-order valence-electron chi connectivity index (χ1n) is 8.28. The molecular formula is C18H24N2O2. The zero-order valence-corrected chi connectivity index (χ0v) is 13.4. The number of hydrogen-bond donors (Lipinski definition) is 0. The topological polar surface area (TPSA) is 40.6 Å². The van der Waals surface area contributed by atoms with Crippen LogP contribution in [0.5, 0.6) is 0 Å². The lowest BCUT2D eigenvalue weighted by atomic mass is 10.1. The molecule has 0 bridgehead atoms. The Morgan fingerprint density at radius 1 is 1.09 bits per heavy atom. The molecule has 2 aliphatic rings. The molecule has 22 heavy (non-hydrogen) atoms. The van der Waals surface area contributed by atoms with Gasteiger partial charge in [0, 0.05) is 25.4 Å². The molecule has 2 amide bonds. The van der Waals surface area contributed by atoms with E-state index in [2.05, 4.69) is 13.8 Å². The van der Waals surface area contributed by atoms with Crippen molar-refractivity contribution in [2.45, 2.75) is 39.5 Å². The van der Waals surface area contributed by atoms with Crippen LogP contribution in [0.2, 0.25) is 0 Å². The van der Waals surface area contributed by atoms with Crippen molar-refractivity contribution in [1.82, 2.24) is 0 Å². The molecule has 1 aliphatic heterocycles. The van der Waals surface area contributed by atoms with E-state index < -0.39 is 0 Å². The van der Waals surface area contributed by atoms with E-state index in [0.29, 0.717) is 25.4 Å². The van der Waals surface area contributed by atoms with Gasteiger partial charge in [-0.15, -0.1) is 0 Å². The van der Waals surface area contributed by atoms with Gasteiger partial charge in [-0.3, -0.25) is 9.59 Å². The Morgan fingerprint density at radius 3 is 2.27 bits per heavy atom. The SMILES string of the molecule is CC(C)CC(=O)N1CCCN(C(=O)C2CC2)c2ccccc21. The summed E-state index contributed by atoms with van der Waals surface area (Å²) in [6.07, 6.45) is 3.39. The lowest BCUT2D eigenvalue weighted by Crippen LogP contribution is -2.32. The summed E-state index contributed by atoms with van der Waals surface area (Å²) in [4.78, 5) is 28.9. The molecule has 0 atom stereocenters. The van der Waals surface area contributed by atoms with Gasteiger partial charge in [-0.05, 0) is 37.3 Å². The van der Waals surface area contributed by atoms with E-state index in [0.717, 1.165) is 30.6 Å². The molecule has 4 nitrogen and oxygen atoms in total. The van der Waals surface area contributed by atoms with Crippen LogP contribution in [0.3, 0.4) is 0 Å². The van der Waals surface area contributed by atoms with Crippen molar-refractivity contribution < 1.29 is 9.59 Å². The van der Waals surface area contributed by atoms with E-state index >= 15 is 0 Å². The quantitative estimate of drug-likeness (QED) is 0.860. The van der Waals surface area contributed by atoms with Crippen molar-refractivity contribution in [2.24, 2.45) is 11.8 Å². The van der Waals surface area contributed by atoms with Crippen molar-refractivity contribution >= 4 is 23.2 Å². The highest BCUT2D eigenvalue weighted by Gasteiger charge is 2.36. The normalized spacial score (nSPS) is 18.1. The van der Waals surface area contributed by atoms with Crippen LogP contribution in [-0.4, -0.2) is 24.9 Å². The minimum absolute atomic E-state index is 0.156. The molecule has 4 heteroatoms. The fourth-order valence-electron chi connectivity index (χ4n) is 3.05. The van der Waals surface area contributed by atoms with Crippen molar-refractivity contribution in [3.8, 4) is 0 Å². The molecule has 0 spiro atoms. The van der Waals surface area contributed by atoms with E-state index in [1.54, 1.807) is 0 Å². The lowest BCUT2D eigenvalue weighted by molar-refractivity contribution is -0.120. The number of anilines is 2. The van der Waals surface area contributed by atoms with Gasteiger partial charge in [-0.1, -0.05) is 26.0 Å². The average molecular weight is 300 g/mol. The van der Waals surface area contributed by atoms with Gasteiger partial charge in [0.05, 0.1) is 11.4 Å². The maximum absolute atomic E-state index is 12.6. The van der Waals surface area contributed by atoms with Gasteiger partial charge in [-0.2, -0.15) is 0 Å². The summed E-state index contributed by atoms with van der Waals surface area (Å²) < 4.78 is 0. The molecule has 1 saturated carbocycles. The van der Waals surface area contributed by atoms with E-state index in [1.807, 2.05) is 34.1 Å². The summed E-state index contributed by atoms with van der Waals surface area (Å²) in [6.45, 7) is 5.52. The van der Waals surface area contributed by atoms with E-state index in [-0.39, 0.29) is 17.7 Å². The molecular weight excluding hydrogens is 276 g/mol. The number of hydrogen-bond acceptors (Lipinski definition) is 2. The highest BCUT2D eigenvalue weighted by atomic mass is 16.2. The standard InChI is InChI=1S/C18H24N2O2/c1-13(2)12-17(21)19-10-5-11-20(18(22)14-8-9-14)16-7-4-3-6-15(16)19/h3-4,6-7,13-14H,5,8-12H2,1-2H3. The molecule has 1 heterocycles. The molecule has 0 N–H and O–H groups in total. The predicted molar refractivity (Wildman–Crippen MR) is 87.9 cm³/mol. The minimum atomic E-state index is 0.156. The number of amides is 2. The second-order valence-electron chi connectivity index (χ2n) is 6.75. The summed E-state index contributed by atoms with van der Waals surface area (Å²) >= 11 is 0. The van der Waals surface area contributed by atoms with Gasteiger partial charge < -0.3 is 9.80 Å². The molecule has 0 radical (unpaired) electrons. The Bertz CT molecular complexity index is 578. The zero-order valence-electron chi connectivity index (χ0n) is 13.4. The third-order valence-corrected chi connectivity index (χ3v) is 4.30. The van der Waals surface area contributed by atoms with Crippen LogP contribution in [0.25, 0.3) is 0 Å². The molecule has 0 unspecified atom stereocenters. The minimum Gasteiger partial charge on any atom is -0.310 e. The molecule has 0 saturated heterocycles. The second kappa shape index (κ2) is 6.11. The highest BCUT2D eigenvalue weighted by molar-refractivity contribution is 6.04. The Morgan fingerprint density at radius 2 is 1.68 bits per heavy atom. The Hall–Kier alpha value is -1.84. The van der Waals surface area contributed by atoms with Crippen LogP contribution in [0.15, 0.2) is 24.3 Å². The number of para-hydroxylation sites is 2. The molecule has 1 aromatic carbocycles. The molecule has 1 aromatic rings. The zero-order chi connectivity index (χ0) is 15.7. The summed E-state index contributed by atoms with van der Waals surface area (Å²) in [5.74, 6) is 0.923. The van der Waals surface area contributed by atoms with Crippen LogP contribution >= 0.6 is 0 Å². The van der Waals surface area contributed by atoms with E-state index in [1.165, 1.54) is 0 Å². The Labute approximate surface area is 132 Å². The van der Waals surface area contributed by atoms with Gasteiger partial charge in [0.1, 0.15) is 0 Å². The first-order valence-corrected chi connectivity index (χ1v) is 8.28. The van der Waals surface area contributed by atoms with Crippen LogP contribution in [0, 0.1) is 11.8 Å². The van der Waals surface area contributed by atoms with Crippen LogP contribution in [0.4, 0.5) is 11.4 Å². The first-order chi connectivity index (χ1) is 10.6. The summed E-state index contributed by atoms with van der Waals surface area (Å²) in [6, 6.07) is 7.82. The smallest absolute Gasteiger partial charge is 0.230 e. The van der Waals surface area contributed by atoms with Crippen molar-refractivity contribution in [3.63, 3.8) is 0 Å². The largest absolute Gasteiger partial charge is 0.310 e. The van der Waals surface area contributed by atoms with Crippen LogP contribution < -0.4 is 9.80 Å². The Balaban J connectivity index is 1.92. The first kappa shape index (κ1) is 15.1. The lowest BCUT2D eigenvalue weighted by Gasteiger charge is -2.26. The van der Waals surface area contributed by atoms with Gasteiger partial charge in [0.15, 0.2) is 0 Å². The Kier molecular flexibility index (Phi) is 4.19. The maximum atomic E-state index is 12.6. The highest BCUT2D eigenvalue weighted by Crippen LogP contribution is 2.38. The van der Waals surface area contributed by atoms with Crippen molar-refractivity contribution in [2.75, 3.05) is 22.9 Å². The van der Waals surface area contributed by atoms with Gasteiger partial charge in [0.2, 0.25) is 11.8 Å². The number of rotatable bonds is 3. The monoisotopic (exact) mass is 300 g/mol. The fourth-order valence-corrected chi connectivity index (χ4v) is 3.05. The number of benzene rings is 1. The summed E-state index contributed by atoms with van der Waals surface area (Å²) in [7, 11) is 0. The average Bonchev–Trinajstić information content (AvgIpc) is 3.32. The number of fused-ring (bicyclic) bond motifs is 1. The van der Waals surface area contributed by atoms with Gasteiger partial charge in [0.25, 0.3) is 0 Å². The third-order valence-electron chi connectivity index (χ3n) is 4.30. The van der Waals surface area contributed by atoms with Gasteiger partial charge in [-0.25, -0.2) is 0 Å². The van der Waals surface area contributed by atoms with Crippen LogP contribution in [0.1, 0.15) is 39.5 Å². The van der Waals surface area contributed by atoms with E-state index in [4.69, 9.17) is 0 Å². The molecule has 3 rings (SSSR count). The number of carbonyl (C=O) groups excluding carboxylic acids is 2. The number of carbonyl (C=O) groups is 2. The second-order valence-corrected chi connectivity index (χ2v) is 6.75.